The number of carbonyl (C=O) groups excluding carboxylic acids is 1. The van der Waals surface area contributed by atoms with Crippen molar-refractivity contribution < 1.29 is 4.79 Å². The first-order chi connectivity index (χ1) is 9.99. The number of benzene rings is 1. The summed E-state index contributed by atoms with van der Waals surface area (Å²) in [6.07, 6.45) is 0. The van der Waals surface area contributed by atoms with Crippen LogP contribution in [0.1, 0.15) is 38.2 Å². The molecule has 0 unspecified atom stereocenters. The van der Waals surface area contributed by atoms with Crippen molar-refractivity contribution in [3.05, 3.63) is 36.0 Å². The Morgan fingerprint density at radius 1 is 1.10 bits per heavy atom. The Morgan fingerprint density at radius 2 is 1.76 bits per heavy atom. The van der Waals surface area contributed by atoms with Crippen molar-refractivity contribution in [1.82, 2.24) is 15.5 Å². The summed E-state index contributed by atoms with van der Waals surface area (Å²) in [5.41, 5.74) is 2.95. The van der Waals surface area contributed by atoms with Crippen LogP contribution in [0.15, 0.2) is 30.3 Å². The number of H-pyrrole nitrogens is 1. The van der Waals surface area contributed by atoms with Gasteiger partial charge in [-0.25, -0.2) is 0 Å². The summed E-state index contributed by atoms with van der Waals surface area (Å²) in [6, 6.07) is 10.1. The quantitative estimate of drug-likeness (QED) is 0.791. The zero-order valence-electron chi connectivity index (χ0n) is 12.9. The van der Waals surface area contributed by atoms with Crippen LogP contribution in [0.25, 0.3) is 11.3 Å². The molecule has 0 aliphatic carbocycles. The zero-order chi connectivity index (χ0) is 15.4. The molecule has 21 heavy (non-hydrogen) atoms. The molecule has 0 aliphatic heterocycles. The van der Waals surface area contributed by atoms with E-state index >= 15 is 0 Å². The number of aromatic amines is 1. The van der Waals surface area contributed by atoms with Gasteiger partial charge in [-0.2, -0.15) is 5.10 Å². The van der Waals surface area contributed by atoms with Crippen molar-refractivity contribution in [3.63, 3.8) is 0 Å². The van der Waals surface area contributed by atoms with Gasteiger partial charge in [0, 0.05) is 17.6 Å². The van der Waals surface area contributed by atoms with Gasteiger partial charge >= 0.3 is 0 Å². The molecular weight excluding hydrogens is 264 g/mol. The molecule has 1 aromatic carbocycles. The van der Waals surface area contributed by atoms with Crippen LogP contribution >= 0.6 is 0 Å². The Hall–Kier alpha value is -2.30. The summed E-state index contributed by atoms with van der Waals surface area (Å²) in [5, 5.41) is 13.4. The fourth-order valence-corrected chi connectivity index (χ4v) is 2.07. The van der Waals surface area contributed by atoms with Crippen LogP contribution in [-0.4, -0.2) is 28.2 Å². The number of anilines is 1. The second-order valence-corrected chi connectivity index (χ2v) is 5.62. The predicted molar refractivity (Wildman–Crippen MR) is 85.4 cm³/mol. The fourth-order valence-electron chi connectivity index (χ4n) is 2.07. The molecule has 5 nitrogen and oxygen atoms in total. The zero-order valence-corrected chi connectivity index (χ0v) is 12.9. The molecule has 112 valence electrons. The number of hydrogen-bond acceptors (Lipinski definition) is 3. The summed E-state index contributed by atoms with van der Waals surface area (Å²) < 4.78 is 0. The summed E-state index contributed by atoms with van der Waals surface area (Å²) >= 11 is 0. The third-order valence-electron chi connectivity index (χ3n) is 2.89. The molecule has 0 aliphatic rings. The van der Waals surface area contributed by atoms with Gasteiger partial charge in [-0.1, -0.05) is 30.3 Å². The Bertz CT molecular complexity index is 602. The van der Waals surface area contributed by atoms with E-state index in [1.54, 1.807) is 0 Å². The molecule has 0 spiro atoms. The van der Waals surface area contributed by atoms with Crippen molar-refractivity contribution in [1.29, 1.82) is 0 Å². The molecular formula is C16H22N4O. The van der Waals surface area contributed by atoms with Gasteiger partial charge in [0.25, 0.3) is 5.91 Å². The van der Waals surface area contributed by atoms with Crippen LogP contribution in [0.5, 0.6) is 0 Å². The Balaban J connectivity index is 2.43. The molecule has 1 amide bonds. The van der Waals surface area contributed by atoms with E-state index in [1.165, 1.54) is 0 Å². The first-order valence-corrected chi connectivity index (χ1v) is 7.20. The number of nitrogens with one attached hydrogen (secondary N) is 3. The lowest BCUT2D eigenvalue weighted by Crippen LogP contribution is -2.31. The summed E-state index contributed by atoms with van der Waals surface area (Å²) in [7, 11) is 0. The second-order valence-electron chi connectivity index (χ2n) is 5.62. The normalized spacial score (nSPS) is 11.0. The third-order valence-corrected chi connectivity index (χ3v) is 2.89. The second kappa shape index (κ2) is 6.43. The van der Waals surface area contributed by atoms with Crippen LogP contribution in [-0.2, 0) is 0 Å². The summed E-state index contributed by atoms with van der Waals surface area (Å²) in [4.78, 5) is 12.3. The van der Waals surface area contributed by atoms with Crippen LogP contribution in [0.4, 0.5) is 5.69 Å². The number of amides is 1. The van der Waals surface area contributed by atoms with Gasteiger partial charge in [0.2, 0.25) is 0 Å². The minimum atomic E-state index is -0.150. The van der Waals surface area contributed by atoms with Crippen molar-refractivity contribution in [2.75, 3.05) is 5.32 Å². The highest BCUT2D eigenvalue weighted by Crippen LogP contribution is 2.29. The van der Waals surface area contributed by atoms with E-state index in [0.717, 1.165) is 16.9 Å². The molecule has 3 N–H and O–H groups in total. The van der Waals surface area contributed by atoms with Crippen LogP contribution in [0, 0.1) is 0 Å². The topological polar surface area (TPSA) is 69.8 Å². The molecule has 2 rings (SSSR count). The predicted octanol–water partition coefficient (Wildman–Crippen LogP) is 3.04. The molecule has 5 heteroatoms. The van der Waals surface area contributed by atoms with Crippen LogP contribution in [0.2, 0.25) is 0 Å². The Labute approximate surface area is 125 Å². The van der Waals surface area contributed by atoms with Crippen molar-refractivity contribution in [3.8, 4) is 11.3 Å². The largest absolute Gasteiger partial charge is 0.379 e. The number of carbonyl (C=O) groups is 1. The van der Waals surface area contributed by atoms with E-state index < -0.39 is 0 Å². The minimum Gasteiger partial charge on any atom is -0.379 e. The summed E-state index contributed by atoms with van der Waals surface area (Å²) in [6.45, 7) is 7.93. The molecule has 0 atom stereocenters. The maximum atomic E-state index is 12.3. The van der Waals surface area contributed by atoms with Crippen molar-refractivity contribution in [2.45, 2.75) is 39.8 Å². The Morgan fingerprint density at radius 3 is 2.33 bits per heavy atom. The molecule has 0 radical (unpaired) electrons. The van der Waals surface area contributed by atoms with Gasteiger partial charge in [-0.05, 0) is 27.7 Å². The number of hydrogen-bond donors (Lipinski definition) is 3. The molecule has 1 heterocycles. The first-order valence-electron chi connectivity index (χ1n) is 7.20. The van der Waals surface area contributed by atoms with Gasteiger partial charge in [0.1, 0.15) is 11.4 Å². The first kappa shape index (κ1) is 15.1. The fraction of sp³-hybridized carbons (Fsp3) is 0.375. The van der Waals surface area contributed by atoms with E-state index in [0.29, 0.717) is 5.69 Å². The molecule has 2 aromatic rings. The van der Waals surface area contributed by atoms with Gasteiger partial charge in [-0.15, -0.1) is 0 Å². The average molecular weight is 286 g/mol. The molecule has 1 aromatic heterocycles. The smallest absolute Gasteiger partial charge is 0.271 e. The number of rotatable bonds is 5. The lowest BCUT2D eigenvalue weighted by atomic mass is 10.1. The SMILES string of the molecule is CC(C)NC(=O)c1[nH]nc(-c2ccccc2)c1NC(C)C. The van der Waals surface area contributed by atoms with Gasteiger partial charge in [0.05, 0.1) is 5.69 Å². The van der Waals surface area contributed by atoms with Crippen LogP contribution < -0.4 is 10.6 Å². The molecule has 0 saturated carbocycles. The van der Waals surface area contributed by atoms with E-state index in [9.17, 15) is 4.79 Å². The highest BCUT2D eigenvalue weighted by Gasteiger charge is 2.21. The van der Waals surface area contributed by atoms with Gasteiger partial charge < -0.3 is 10.6 Å². The number of nitrogens with zero attached hydrogens (tertiary/aromatic N) is 1. The third kappa shape index (κ3) is 3.62. The van der Waals surface area contributed by atoms with E-state index in [2.05, 4.69) is 20.8 Å². The summed E-state index contributed by atoms with van der Waals surface area (Å²) in [5.74, 6) is -0.150. The maximum Gasteiger partial charge on any atom is 0.271 e. The molecule has 0 bridgehead atoms. The van der Waals surface area contributed by atoms with Crippen LogP contribution in [0.3, 0.4) is 0 Å². The maximum absolute atomic E-state index is 12.3. The van der Waals surface area contributed by atoms with E-state index in [4.69, 9.17) is 0 Å². The Kier molecular flexibility index (Phi) is 4.62. The standard InChI is InChI=1S/C16H22N4O/c1-10(2)17-14-13(12-8-6-5-7-9-12)19-20-15(14)16(21)18-11(3)4/h5-11,17H,1-4H3,(H,18,21)(H,19,20). The van der Waals surface area contributed by atoms with Crippen molar-refractivity contribution in [2.24, 2.45) is 0 Å². The highest BCUT2D eigenvalue weighted by atomic mass is 16.2. The average Bonchev–Trinajstić information content (AvgIpc) is 2.82. The molecule has 0 fully saturated rings. The minimum absolute atomic E-state index is 0.0767. The lowest BCUT2D eigenvalue weighted by Gasteiger charge is -2.13. The monoisotopic (exact) mass is 286 g/mol. The number of aromatic nitrogens is 2. The van der Waals surface area contributed by atoms with Gasteiger partial charge in [-0.3, -0.25) is 9.89 Å². The van der Waals surface area contributed by atoms with E-state index in [-0.39, 0.29) is 18.0 Å². The highest BCUT2D eigenvalue weighted by molar-refractivity contribution is 6.01. The van der Waals surface area contributed by atoms with Gasteiger partial charge in [0.15, 0.2) is 0 Å². The molecule has 0 saturated heterocycles. The lowest BCUT2D eigenvalue weighted by molar-refractivity contribution is 0.0939. The van der Waals surface area contributed by atoms with Crippen molar-refractivity contribution >= 4 is 11.6 Å². The van der Waals surface area contributed by atoms with E-state index in [1.807, 2.05) is 58.0 Å².